The zero-order valence-electron chi connectivity index (χ0n) is 12.2. The van der Waals surface area contributed by atoms with Gasteiger partial charge in [-0.15, -0.1) is 0 Å². The van der Waals surface area contributed by atoms with E-state index in [2.05, 4.69) is 0 Å². The van der Waals surface area contributed by atoms with Gasteiger partial charge in [0.25, 0.3) is 25.8 Å². The van der Waals surface area contributed by atoms with E-state index in [4.69, 9.17) is 0 Å². The van der Waals surface area contributed by atoms with Crippen LogP contribution in [-0.4, -0.2) is 36.0 Å². The van der Waals surface area contributed by atoms with E-state index >= 15 is 0 Å². The zero-order valence-corrected chi connectivity index (χ0v) is 13.8. The second kappa shape index (κ2) is 6.02. The predicted molar refractivity (Wildman–Crippen MR) is 83.1 cm³/mol. The molecular weight excluding hydrogens is 362 g/mol. The Morgan fingerprint density at radius 2 is 1.58 bits per heavy atom. The predicted octanol–water partition coefficient (Wildman–Crippen LogP) is 0.613. The molecule has 0 spiro atoms. The number of hydrogen-bond acceptors (Lipinski definition) is 6. The summed E-state index contributed by atoms with van der Waals surface area (Å²) in [4.78, 5) is 12.4. The van der Waals surface area contributed by atoms with E-state index in [9.17, 15) is 35.8 Å². The number of pyridine rings is 1. The molecule has 0 saturated heterocycles. The van der Waals surface area contributed by atoms with Gasteiger partial charge in [0.05, 0.1) is 0 Å². The van der Waals surface area contributed by atoms with Crippen molar-refractivity contribution < 1.29 is 31.0 Å². The normalized spacial score (nSPS) is 13.6. The Labute approximate surface area is 137 Å². The lowest BCUT2D eigenvalue weighted by atomic mass is 10.0. The van der Waals surface area contributed by atoms with Crippen LogP contribution in [0.25, 0.3) is 0 Å². The average molecular weight is 375 g/mol. The van der Waals surface area contributed by atoms with Gasteiger partial charge in [0.2, 0.25) is 0 Å². The first-order valence-corrected chi connectivity index (χ1v) is 9.33. The van der Waals surface area contributed by atoms with Crippen molar-refractivity contribution in [2.75, 3.05) is 0 Å². The van der Waals surface area contributed by atoms with Gasteiger partial charge < -0.3 is 5.11 Å². The highest BCUT2D eigenvalue weighted by Crippen LogP contribution is 2.37. The van der Waals surface area contributed by atoms with Gasteiger partial charge in [0, 0.05) is 5.56 Å². The molecule has 0 radical (unpaired) electrons. The van der Waals surface area contributed by atoms with Gasteiger partial charge in [-0.25, -0.2) is 0 Å². The van der Waals surface area contributed by atoms with Crippen LogP contribution in [0.5, 0.6) is 5.88 Å². The van der Waals surface area contributed by atoms with Crippen molar-refractivity contribution in [1.29, 1.82) is 0 Å². The third kappa shape index (κ3) is 3.33. The Hall–Kier alpha value is -2.21. The molecule has 0 fully saturated rings. The molecule has 0 aliphatic heterocycles. The van der Waals surface area contributed by atoms with Gasteiger partial charge >= 0.3 is 0 Å². The number of hydrogen-bond donors (Lipinski definition) is 4. The molecule has 1 aromatic heterocycles. The lowest BCUT2D eigenvalue weighted by Crippen LogP contribution is -2.24. The Kier molecular flexibility index (Phi) is 4.55. The highest BCUT2D eigenvalue weighted by atomic mass is 32.2. The van der Waals surface area contributed by atoms with Crippen LogP contribution in [0, 0.1) is 6.92 Å². The standard InChI is InChI=1S/C13H13NO8S2/c1-7-9(12(15)14-13(16)10(7)23(17,18)19)11(24(20,21)22)8-5-3-2-4-6-8/h2-6,11H,1H3,(H2,14,15,16)(H,17,18,19)(H,20,21,22). The molecule has 130 valence electrons. The fourth-order valence-electron chi connectivity index (χ4n) is 2.45. The van der Waals surface area contributed by atoms with E-state index in [0.29, 0.717) is 0 Å². The van der Waals surface area contributed by atoms with Gasteiger partial charge in [0.1, 0.15) is 5.25 Å². The molecular formula is C13H13NO8S2. The molecule has 0 saturated carbocycles. The maximum absolute atomic E-state index is 11.8. The number of nitrogens with one attached hydrogen (secondary N) is 1. The molecule has 1 atom stereocenters. The zero-order chi connectivity index (χ0) is 18.3. The highest BCUT2D eigenvalue weighted by Gasteiger charge is 2.35. The van der Waals surface area contributed by atoms with Crippen LogP contribution in [0.15, 0.2) is 40.0 Å². The summed E-state index contributed by atoms with van der Waals surface area (Å²) in [5.41, 5.74) is -2.36. The molecule has 1 aromatic carbocycles. The average Bonchev–Trinajstić information content (AvgIpc) is 2.40. The summed E-state index contributed by atoms with van der Waals surface area (Å²) in [6, 6.07) is 7.17. The molecule has 0 aliphatic rings. The van der Waals surface area contributed by atoms with Crippen LogP contribution in [0.4, 0.5) is 0 Å². The molecule has 1 unspecified atom stereocenters. The molecule has 0 bridgehead atoms. The van der Waals surface area contributed by atoms with E-state index in [1.807, 2.05) is 0 Å². The Balaban J connectivity index is 2.95. The molecule has 2 aromatic rings. The van der Waals surface area contributed by atoms with Crippen LogP contribution in [0.3, 0.4) is 0 Å². The van der Waals surface area contributed by atoms with E-state index in [-0.39, 0.29) is 5.56 Å². The number of rotatable bonds is 4. The summed E-state index contributed by atoms with van der Waals surface area (Å²) in [5.74, 6) is -0.934. The number of aromatic amines is 1. The van der Waals surface area contributed by atoms with E-state index < -0.39 is 52.9 Å². The van der Waals surface area contributed by atoms with Crippen molar-refractivity contribution in [1.82, 2.24) is 4.98 Å². The van der Waals surface area contributed by atoms with Gasteiger partial charge in [-0.3, -0.25) is 18.9 Å². The van der Waals surface area contributed by atoms with Crippen LogP contribution in [0.2, 0.25) is 0 Å². The molecule has 0 aliphatic carbocycles. The van der Waals surface area contributed by atoms with Gasteiger partial charge in [0.15, 0.2) is 10.8 Å². The largest absolute Gasteiger partial charge is 0.494 e. The van der Waals surface area contributed by atoms with Gasteiger partial charge in [-0.1, -0.05) is 30.3 Å². The summed E-state index contributed by atoms with van der Waals surface area (Å²) in [6.07, 6.45) is 0. The lowest BCUT2D eigenvalue weighted by molar-refractivity contribution is 0.433. The van der Waals surface area contributed by atoms with Crippen molar-refractivity contribution in [2.45, 2.75) is 17.1 Å². The van der Waals surface area contributed by atoms with Crippen molar-refractivity contribution in [2.24, 2.45) is 0 Å². The first kappa shape index (κ1) is 18.1. The third-order valence-corrected chi connectivity index (χ3v) is 5.47. The number of H-pyrrole nitrogens is 1. The lowest BCUT2D eigenvalue weighted by Gasteiger charge is -2.19. The second-order valence-electron chi connectivity index (χ2n) is 4.95. The number of benzene rings is 1. The van der Waals surface area contributed by atoms with Gasteiger partial charge in [-0.2, -0.15) is 16.8 Å². The van der Waals surface area contributed by atoms with Crippen LogP contribution >= 0.6 is 0 Å². The summed E-state index contributed by atoms with van der Waals surface area (Å²) in [5, 5.41) is 8.09. The minimum absolute atomic E-state index is 0.0201. The second-order valence-corrected chi connectivity index (χ2v) is 7.81. The first-order chi connectivity index (χ1) is 10.9. The third-order valence-electron chi connectivity index (χ3n) is 3.36. The maximum atomic E-state index is 11.8. The monoisotopic (exact) mass is 375 g/mol. The summed E-state index contributed by atoms with van der Waals surface area (Å²) in [6.45, 7) is 1.04. The molecule has 0 amide bonds. The van der Waals surface area contributed by atoms with E-state index in [1.54, 1.807) is 11.1 Å². The molecule has 4 N–H and O–H groups in total. The smallest absolute Gasteiger partial charge is 0.300 e. The van der Waals surface area contributed by atoms with Crippen LogP contribution in [-0.2, 0) is 20.2 Å². The molecule has 24 heavy (non-hydrogen) atoms. The van der Waals surface area contributed by atoms with Crippen molar-refractivity contribution in [3.05, 3.63) is 57.4 Å². The molecule has 11 heteroatoms. The van der Waals surface area contributed by atoms with Crippen molar-refractivity contribution >= 4 is 20.2 Å². The fourth-order valence-corrected chi connectivity index (χ4v) is 4.32. The minimum atomic E-state index is -5.00. The maximum Gasteiger partial charge on any atom is 0.300 e. The first-order valence-electron chi connectivity index (χ1n) is 6.39. The SMILES string of the molecule is Cc1c(C(c2ccccc2)S(=O)(=O)O)c(O)[nH]c(=O)c1S(=O)(=O)O. The topological polar surface area (TPSA) is 162 Å². The number of aromatic hydroxyl groups is 1. The quantitative estimate of drug-likeness (QED) is 0.565. The molecule has 2 rings (SSSR count). The Morgan fingerprint density at radius 3 is 2.04 bits per heavy atom. The summed E-state index contributed by atoms with van der Waals surface area (Å²) in [7, 11) is -9.85. The Morgan fingerprint density at radius 1 is 1.04 bits per heavy atom. The van der Waals surface area contributed by atoms with Crippen molar-refractivity contribution in [3.8, 4) is 5.88 Å². The molecule has 9 nitrogen and oxygen atoms in total. The summed E-state index contributed by atoms with van der Waals surface area (Å²) >= 11 is 0. The van der Waals surface area contributed by atoms with Gasteiger partial charge in [-0.05, 0) is 18.1 Å². The van der Waals surface area contributed by atoms with Crippen LogP contribution in [0.1, 0.15) is 21.9 Å². The van der Waals surface area contributed by atoms with E-state index in [0.717, 1.165) is 6.92 Å². The summed E-state index contributed by atoms with van der Waals surface area (Å²) < 4.78 is 65.2. The number of aromatic nitrogens is 1. The fraction of sp³-hybridized carbons (Fsp3) is 0.154. The molecule has 1 heterocycles. The minimum Gasteiger partial charge on any atom is -0.494 e. The van der Waals surface area contributed by atoms with Crippen molar-refractivity contribution in [3.63, 3.8) is 0 Å². The van der Waals surface area contributed by atoms with E-state index in [1.165, 1.54) is 24.3 Å². The Bertz CT molecular complexity index is 1040. The highest BCUT2D eigenvalue weighted by molar-refractivity contribution is 7.86. The van der Waals surface area contributed by atoms with Crippen LogP contribution < -0.4 is 5.56 Å².